The summed E-state index contributed by atoms with van der Waals surface area (Å²) in [5.74, 6) is -1.55. The first-order chi connectivity index (χ1) is 15.1. The van der Waals surface area contributed by atoms with E-state index in [4.69, 9.17) is 5.73 Å². The van der Waals surface area contributed by atoms with Crippen molar-refractivity contribution in [2.45, 2.75) is 6.18 Å². The normalized spacial score (nSPS) is 11.5. The van der Waals surface area contributed by atoms with E-state index in [2.05, 4.69) is 15.5 Å². The molecule has 4 aromatic rings. The molecule has 2 amide bonds. The Morgan fingerprint density at radius 2 is 1.72 bits per heavy atom. The van der Waals surface area contributed by atoms with Crippen molar-refractivity contribution in [3.63, 3.8) is 0 Å². The lowest BCUT2D eigenvalue weighted by Crippen LogP contribution is -2.20. The number of aromatic nitrogens is 2. The minimum absolute atomic E-state index is 0.00322. The number of aromatic amines is 1. The van der Waals surface area contributed by atoms with E-state index in [1.54, 1.807) is 18.2 Å². The number of nitrogens with zero attached hydrogens (tertiary/aromatic N) is 1. The molecule has 3 aromatic carbocycles. The monoisotopic (exact) mass is 447 g/mol. The predicted molar refractivity (Wildman–Crippen MR) is 110 cm³/mol. The molecule has 1 aromatic heterocycles. The number of carbonyl (C=O) groups excluding carboxylic acids is 1. The third-order valence-electron chi connectivity index (χ3n) is 4.68. The summed E-state index contributed by atoms with van der Waals surface area (Å²) >= 11 is 0. The average molecular weight is 447 g/mol. The summed E-state index contributed by atoms with van der Waals surface area (Å²) in [5.41, 5.74) is 5.35. The zero-order chi connectivity index (χ0) is 23.0. The van der Waals surface area contributed by atoms with Crippen LogP contribution < -0.4 is 16.4 Å². The van der Waals surface area contributed by atoms with Crippen LogP contribution in [-0.4, -0.2) is 16.2 Å². The largest absolute Gasteiger partial charge is 0.416 e. The molecule has 0 unspecified atom stereocenters. The summed E-state index contributed by atoms with van der Waals surface area (Å²) in [6.45, 7) is 0. The lowest BCUT2D eigenvalue weighted by molar-refractivity contribution is -0.137. The van der Waals surface area contributed by atoms with Gasteiger partial charge in [-0.2, -0.15) is 18.3 Å². The maximum absolute atomic E-state index is 14.8. The number of benzene rings is 3. The Kier molecular flexibility index (Phi) is 5.17. The van der Waals surface area contributed by atoms with Crippen LogP contribution in [0, 0.1) is 11.6 Å². The van der Waals surface area contributed by atoms with Crippen LogP contribution >= 0.6 is 0 Å². The van der Waals surface area contributed by atoms with E-state index >= 15 is 0 Å². The molecule has 0 radical (unpaired) electrons. The van der Waals surface area contributed by atoms with Crippen molar-refractivity contribution in [2.75, 3.05) is 16.4 Å². The number of H-pyrrole nitrogens is 1. The number of hydrogen-bond donors (Lipinski definition) is 4. The number of carbonyl (C=O) groups is 1. The standard InChI is InChI=1S/C21H14F5N5O/c22-14-7-4-10(21(24,25)26)8-17(14)29-20(32)28-11-5-6-12(15(23)9-11)13-2-1-3-16-18(13)19(27)31-30-16/h1-9H,(H3,27,30,31)(H2,28,29,32). The summed E-state index contributed by atoms with van der Waals surface area (Å²) in [7, 11) is 0. The van der Waals surface area contributed by atoms with Gasteiger partial charge in [-0.15, -0.1) is 0 Å². The Hall–Kier alpha value is -4.15. The molecule has 0 aliphatic heterocycles. The van der Waals surface area contributed by atoms with Gasteiger partial charge in [0.15, 0.2) is 5.82 Å². The van der Waals surface area contributed by atoms with Crippen LogP contribution in [-0.2, 0) is 6.18 Å². The molecule has 0 saturated heterocycles. The molecule has 5 N–H and O–H groups in total. The number of alkyl halides is 3. The van der Waals surface area contributed by atoms with Gasteiger partial charge in [-0.25, -0.2) is 13.6 Å². The maximum Gasteiger partial charge on any atom is 0.416 e. The lowest BCUT2D eigenvalue weighted by atomic mass is 10.0. The number of nitrogens with two attached hydrogens (primary N) is 1. The van der Waals surface area contributed by atoms with Crippen LogP contribution in [0.4, 0.5) is 43.9 Å². The van der Waals surface area contributed by atoms with E-state index in [0.717, 1.165) is 6.07 Å². The number of nitrogen functional groups attached to an aromatic ring is 1. The van der Waals surface area contributed by atoms with Gasteiger partial charge in [0, 0.05) is 11.3 Å². The van der Waals surface area contributed by atoms with Crippen LogP contribution in [0.15, 0.2) is 54.6 Å². The van der Waals surface area contributed by atoms with Gasteiger partial charge in [0.25, 0.3) is 0 Å². The van der Waals surface area contributed by atoms with E-state index in [1.807, 2.05) is 5.32 Å². The minimum Gasteiger partial charge on any atom is -0.382 e. The maximum atomic E-state index is 14.8. The highest BCUT2D eigenvalue weighted by Crippen LogP contribution is 2.34. The molecule has 11 heteroatoms. The van der Waals surface area contributed by atoms with Gasteiger partial charge in [0.05, 0.1) is 22.2 Å². The third-order valence-corrected chi connectivity index (χ3v) is 4.68. The predicted octanol–water partition coefficient (Wildman–Crippen LogP) is 5.75. The van der Waals surface area contributed by atoms with Crippen molar-refractivity contribution in [1.29, 1.82) is 0 Å². The van der Waals surface area contributed by atoms with Crippen molar-refractivity contribution in [2.24, 2.45) is 0 Å². The molecular weight excluding hydrogens is 433 g/mol. The topological polar surface area (TPSA) is 95.8 Å². The highest BCUT2D eigenvalue weighted by atomic mass is 19.4. The van der Waals surface area contributed by atoms with Gasteiger partial charge in [-0.3, -0.25) is 5.10 Å². The van der Waals surface area contributed by atoms with E-state index in [9.17, 15) is 26.7 Å². The Balaban J connectivity index is 1.56. The number of nitrogens with one attached hydrogen (secondary N) is 3. The van der Waals surface area contributed by atoms with Crippen LogP contribution in [0.5, 0.6) is 0 Å². The summed E-state index contributed by atoms with van der Waals surface area (Å²) in [5, 5.41) is 11.4. The Labute approximate surface area is 177 Å². The molecule has 1 heterocycles. The summed E-state index contributed by atoms with van der Waals surface area (Å²) in [4.78, 5) is 12.1. The Morgan fingerprint density at radius 3 is 2.44 bits per heavy atom. The summed E-state index contributed by atoms with van der Waals surface area (Å²) in [6.07, 6.45) is -4.71. The average Bonchev–Trinajstić information content (AvgIpc) is 3.10. The summed E-state index contributed by atoms with van der Waals surface area (Å²) in [6, 6.07) is 9.45. The molecule has 0 aliphatic carbocycles. The highest BCUT2D eigenvalue weighted by molar-refractivity contribution is 6.02. The molecular formula is C21H14F5N5O. The second-order valence-corrected chi connectivity index (χ2v) is 6.80. The molecule has 0 saturated carbocycles. The first kappa shape index (κ1) is 21.1. The molecule has 6 nitrogen and oxygen atoms in total. The number of rotatable bonds is 3. The number of halogens is 5. The van der Waals surface area contributed by atoms with Crippen molar-refractivity contribution >= 4 is 34.1 Å². The SMILES string of the molecule is Nc1n[nH]c2cccc(-c3ccc(NC(=O)Nc4cc(C(F)(F)F)ccc4F)cc3F)c12. The number of hydrogen-bond acceptors (Lipinski definition) is 3. The first-order valence-corrected chi connectivity index (χ1v) is 9.11. The van der Waals surface area contributed by atoms with Gasteiger partial charge in [0.2, 0.25) is 0 Å². The molecule has 164 valence electrons. The van der Waals surface area contributed by atoms with Crippen molar-refractivity contribution in [1.82, 2.24) is 10.2 Å². The highest BCUT2D eigenvalue weighted by Gasteiger charge is 2.31. The molecule has 4 rings (SSSR count). The zero-order valence-corrected chi connectivity index (χ0v) is 16.0. The Bertz CT molecular complexity index is 1330. The third kappa shape index (κ3) is 4.04. The van der Waals surface area contributed by atoms with Crippen LogP contribution in [0.3, 0.4) is 0 Å². The van der Waals surface area contributed by atoms with Crippen molar-refractivity contribution < 1.29 is 26.7 Å². The van der Waals surface area contributed by atoms with Crippen molar-refractivity contribution in [3.05, 3.63) is 71.8 Å². The number of urea groups is 1. The fraction of sp³-hybridized carbons (Fsp3) is 0.0476. The smallest absolute Gasteiger partial charge is 0.382 e. The van der Waals surface area contributed by atoms with Gasteiger partial charge < -0.3 is 16.4 Å². The number of fused-ring (bicyclic) bond motifs is 1. The molecule has 0 atom stereocenters. The second-order valence-electron chi connectivity index (χ2n) is 6.80. The van der Waals surface area contributed by atoms with Gasteiger partial charge in [0.1, 0.15) is 11.6 Å². The van der Waals surface area contributed by atoms with Gasteiger partial charge in [-0.05, 0) is 48.0 Å². The number of anilines is 3. The molecule has 32 heavy (non-hydrogen) atoms. The second kappa shape index (κ2) is 7.84. The van der Waals surface area contributed by atoms with Crippen LogP contribution in [0.1, 0.15) is 5.56 Å². The lowest BCUT2D eigenvalue weighted by Gasteiger charge is -2.12. The van der Waals surface area contributed by atoms with E-state index in [-0.39, 0.29) is 17.1 Å². The van der Waals surface area contributed by atoms with Crippen molar-refractivity contribution in [3.8, 4) is 11.1 Å². The van der Waals surface area contributed by atoms with E-state index in [0.29, 0.717) is 34.7 Å². The van der Waals surface area contributed by atoms with Crippen LogP contribution in [0.25, 0.3) is 22.0 Å². The van der Waals surface area contributed by atoms with Crippen LogP contribution in [0.2, 0.25) is 0 Å². The van der Waals surface area contributed by atoms with Gasteiger partial charge in [-0.1, -0.05) is 12.1 Å². The zero-order valence-electron chi connectivity index (χ0n) is 16.0. The van der Waals surface area contributed by atoms with E-state index in [1.165, 1.54) is 12.1 Å². The Morgan fingerprint density at radius 1 is 0.938 bits per heavy atom. The van der Waals surface area contributed by atoms with Gasteiger partial charge >= 0.3 is 12.2 Å². The fourth-order valence-corrected chi connectivity index (χ4v) is 3.22. The molecule has 0 spiro atoms. The molecule has 0 bridgehead atoms. The first-order valence-electron chi connectivity index (χ1n) is 9.11. The summed E-state index contributed by atoms with van der Waals surface area (Å²) < 4.78 is 67.0. The molecule has 0 fully saturated rings. The van der Waals surface area contributed by atoms with E-state index < -0.39 is 35.1 Å². The fourth-order valence-electron chi connectivity index (χ4n) is 3.22. The quantitative estimate of drug-likeness (QED) is 0.301. The minimum atomic E-state index is -4.71. The molecule has 0 aliphatic rings. The number of amides is 2.